The van der Waals surface area contributed by atoms with Crippen molar-refractivity contribution in [3.63, 3.8) is 0 Å². The van der Waals surface area contributed by atoms with Crippen LogP contribution in [0.5, 0.6) is 0 Å². The molecule has 1 aromatic carbocycles. The van der Waals surface area contributed by atoms with Crippen LogP contribution >= 0.6 is 0 Å². The van der Waals surface area contributed by atoms with Gasteiger partial charge >= 0.3 is 0 Å². The molecule has 0 bridgehead atoms. The van der Waals surface area contributed by atoms with Crippen molar-refractivity contribution >= 4 is 11.6 Å². The Morgan fingerprint density at radius 1 is 1.30 bits per heavy atom. The Kier molecular flexibility index (Phi) is 4.53. The zero-order valence-electron chi connectivity index (χ0n) is 12.7. The second-order valence-corrected chi connectivity index (χ2v) is 5.89. The monoisotopic (exact) mass is 322 g/mol. The van der Waals surface area contributed by atoms with Gasteiger partial charge in [0.25, 0.3) is 11.6 Å². The van der Waals surface area contributed by atoms with E-state index in [9.17, 15) is 19.3 Å². The van der Waals surface area contributed by atoms with E-state index in [4.69, 9.17) is 0 Å². The first-order chi connectivity index (χ1) is 11.1. The smallest absolute Gasteiger partial charge is 0.282 e. The van der Waals surface area contributed by atoms with Crippen LogP contribution in [0.2, 0.25) is 0 Å². The zero-order chi connectivity index (χ0) is 16.4. The van der Waals surface area contributed by atoms with E-state index < -0.39 is 16.6 Å². The van der Waals surface area contributed by atoms with Crippen molar-refractivity contribution in [1.82, 2.24) is 15.1 Å². The maximum Gasteiger partial charge on any atom is 0.282 e. The van der Waals surface area contributed by atoms with Crippen LogP contribution in [0.25, 0.3) is 0 Å². The van der Waals surface area contributed by atoms with Crippen LogP contribution in [0, 0.1) is 15.9 Å². The van der Waals surface area contributed by atoms with E-state index in [1.165, 1.54) is 0 Å². The predicted octanol–water partition coefficient (Wildman–Crippen LogP) is 0.854. The third-order valence-corrected chi connectivity index (χ3v) is 4.54. The van der Waals surface area contributed by atoms with Crippen LogP contribution in [0.1, 0.15) is 16.8 Å². The molecule has 1 unspecified atom stereocenters. The van der Waals surface area contributed by atoms with Crippen molar-refractivity contribution in [1.29, 1.82) is 0 Å². The molecule has 0 spiro atoms. The highest BCUT2D eigenvalue weighted by molar-refractivity contribution is 5.98. The van der Waals surface area contributed by atoms with E-state index in [2.05, 4.69) is 10.2 Å². The Bertz CT molecular complexity index is 611. The van der Waals surface area contributed by atoms with Crippen LogP contribution in [-0.4, -0.2) is 65.9 Å². The molecule has 2 aliphatic rings. The summed E-state index contributed by atoms with van der Waals surface area (Å²) in [6, 6.07) is 3.49. The average molecular weight is 322 g/mol. The van der Waals surface area contributed by atoms with Crippen LogP contribution in [-0.2, 0) is 0 Å². The van der Waals surface area contributed by atoms with Crippen molar-refractivity contribution in [2.45, 2.75) is 12.5 Å². The molecular weight excluding hydrogens is 303 g/mol. The third-order valence-electron chi connectivity index (χ3n) is 4.54. The molecule has 2 heterocycles. The standard InChI is InChI=1S/C15H19FN4O3/c16-11-1-2-14(20(22)23)13(9-11)15(21)19-7-5-18(6-8-19)12-3-4-17-10-12/h1-2,9,12,17H,3-8,10H2. The summed E-state index contributed by atoms with van der Waals surface area (Å²) in [7, 11) is 0. The number of piperazine rings is 1. The van der Waals surface area contributed by atoms with E-state index in [1.54, 1.807) is 4.90 Å². The number of hydrogen-bond donors (Lipinski definition) is 1. The molecule has 1 aromatic rings. The number of nitrogens with zero attached hydrogens (tertiary/aromatic N) is 3. The number of hydrogen-bond acceptors (Lipinski definition) is 5. The van der Waals surface area contributed by atoms with Gasteiger partial charge in [0.2, 0.25) is 0 Å². The number of rotatable bonds is 3. The largest absolute Gasteiger partial charge is 0.336 e. The Hall–Kier alpha value is -2.06. The fraction of sp³-hybridized carbons (Fsp3) is 0.533. The molecule has 2 aliphatic heterocycles. The first-order valence-corrected chi connectivity index (χ1v) is 7.74. The fourth-order valence-corrected chi connectivity index (χ4v) is 3.25. The Balaban J connectivity index is 1.70. The lowest BCUT2D eigenvalue weighted by molar-refractivity contribution is -0.385. The van der Waals surface area contributed by atoms with Crippen LogP contribution in [0.4, 0.5) is 10.1 Å². The van der Waals surface area contributed by atoms with Gasteiger partial charge in [0.1, 0.15) is 11.4 Å². The minimum atomic E-state index is -0.646. The average Bonchev–Trinajstić information content (AvgIpc) is 3.08. The summed E-state index contributed by atoms with van der Waals surface area (Å²) in [6.45, 7) is 4.46. The summed E-state index contributed by atoms with van der Waals surface area (Å²) in [5.41, 5.74) is -0.523. The lowest BCUT2D eigenvalue weighted by atomic mass is 10.1. The molecule has 8 heteroatoms. The maximum atomic E-state index is 13.4. The molecule has 3 rings (SSSR count). The first-order valence-electron chi connectivity index (χ1n) is 7.74. The van der Waals surface area contributed by atoms with Crippen molar-refractivity contribution in [2.75, 3.05) is 39.3 Å². The van der Waals surface area contributed by atoms with Crippen LogP contribution < -0.4 is 5.32 Å². The van der Waals surface area contributed by atoms with E-state index in [-0.39, 0.29) is 11.3 Å². The van der Waals surface area contributed by atoms with E-state index >= 15 is 0 Å². The summed E-state index contributed by atoms with van der Waals surface area (Å²) < 4.78 is 13.4. The molecule has 1 N–H and O–H groups in total. The highest BCUT2D eigenvalue weighted by Gasteiger charge is 2.30. The van der Waals surface area contributed by atoms with E-state index in [1.807, 2.05) is 0 Å². The molecule has 2 fully saturated rings. The molecule has 0 aliphatic carbocycles. The van der Waals surface area contributed by atoms with Crippen molar-refractivity contribution in [3.05, 3.63) is 39.7 Å². The SMILES string of the molecule is O=C(c1cc(F)ccc1[N+](=O)[O-])N1CCN(C2CCNC2)CC1. The maximum absolute atomic E-state index is 13.4. The fourth-order valence-electron chi connectivity index (χ4n) is 3.25. The summed E-state index contributed by atoms with van der Waals surface area (Å²) in [6.07, 6.45) is 1.10. The molecule has 7 nitrogen and oxygen atoms in total. The molecule has 0 radical (unpaired) electrons. The molecule has 2 saturated heterocycles. The second kappa shape index (κ2) is 6.59. The molecule has 124 valence electrons. The van der Waals surface area contributed by atoms with Gasteiger partial charge in [-0.15, -0.1) is 0 Å². The van der Waals surface area contributed by atoms with Gasteiger partial charge in [-0.05, 0) is 25.1 Å². The number of nitrogens with one attached hydrogen (secondary N) is 1. The molecule has 0 saturated carbocycles. The normalized spacial score (nSPS) is 22.3. The topological polar surface area (TPSA) is 78.7 Å². The van der Waals surface area contributed by atoms with Crippen molar-refractivity contribution < 1.29 is 14.1 Å². The Labute approximate surface area is 133 Å². The van der Waals surface area contributed by atoms with Gasteiger partial charge in [-0.2, -0.15) is 0 Å². The summed E-state index contributed by atoms with van der Waals surface area (Å²) in [5.74, 6) is -1.12. The van der Waals surface area contributed by atoms with Gasteiger partial charge in [-0.3, -0.25) is 19.8 Å². The minimum absolute atomic E-state index is 0.175. The van der Waals surface area contributed by atoms with Gasteiger partial charge in [0.05, 0.1) is 4.92 Å². The first kappa shape index (κ1) is 15.8. The highest BCUT2D eigenvalue weighted by Crippen LogP contribution is 2.22. The highest BCUT2D eigenvalue weighted by atomic mass is 19.1. The Morgan fingerprint density at radius 2 is 2.04 bits per heavy atom. The van der Waals surface area contributed by atoms with E-state index in [0.29, 0.717) is 19.1 Å². The lowest BCUT2D eigenvalue weighted by Crippen LogP contribution is -2.52. The summed E-state index contributed by atoms with van der Waals surface area (Å²) in [5, 5.41) is 14.4. The van der Waals surface area contributed by atoms with Crippen molar-refractivity contribution in [2.24, 2.45) is 0 Å². The molecule has 1 amide bonds. The van der Waals surface area contributed by atoms with E-state index in [0.717, 1.165) is 50.8 Å². The number of carbonyl (C=O) groups excluding carboxylic acids is 1. The number of carbonyl (C=O) groups is 1. The number of benzene rings is 1. The zero-order valence-corrected chi connectivity index (χ0v) is 12.7. The number of amides is 1. The van der Waals surface area contributed by atoms with Crippen LogP contribution in [0.15, 0.2) is 18.2 Å². The summed E-state index contributed by atoms with van der Waals surface area (Å²) in [4.78, 5) is 26.8. The number of nitro benzene ring substituents is 1. The molecule has 1 atom stereocenters. The predicted molar refractivity (Wildman–Crippen MR) is 81.8 cm³/mol. The molecule has 23 heavy (non-hydrogen) atoms. The molecular formula is C15H19FN4O3. The minimum Gasteiger partial charge on any atom is -0.336 e. The van der Waals surface area contributed by atoms with Gasteiger partial charge in [-0.1, -0.05) is 0 Å². The molecule has 0 aromatic heterocycles. The third kappa shape index (κ3) is 3.32. The van der Waals surface area contributed by atoms with Gasteiger partial charge in [-0.25, -0.2) is 4.39 Å². The summed E-state index contributed by atoms with van der Waals surface area (Å²) >= 11 is 0. The quantitative estimate of drug-likeness (QED) is 0.659. The Morgan fingerprint density at radius 3 is 2.65 bits per heavy atom. The lowest BCUT2D eigenvalue weighted by Gasteiger charge is -2.37. The second-order valence-electron chi connectivity index (χ2n) is 5.89. The van der Waals surface area contributed by atoms with Crippen LogP contribution in [0.3, 0.4) is 0 Å². The van der Waals surface area contributed by atoms with Gasteiger partial charge in [0, 0.05) is 44.8 Å². The van der Waals surface area contributed by atoms with Gasteiger partial charge < -0.3 is 10.2 Å². The van der Waals surface area contributed by atoms with Crippen molar-refractivity contribution in [3.8, 4) is 0 Å². The number of halogens is 1. The van der Waals surface area contributed by atoms with Gasteiger partial charge in [0.15, 0.2) is 0 Å². The number of nitro groups is 1.